The normalized spacial score (nSPS) is 15.3. The van der Waals surface area contributed by atoms with Crippen LogP contribution in [-0.4, -0.2) is 35.3 Å². The lowest BCUT2D eigenvalue weighted by Crippen LogP contribution is -2.32. The molecule has 0 spiro atoms. The summed E-state index contributed by atoms with van der Waals surface area (Å²) in [6.45, 7) is 2.86. The lowest BCUT2D eigenvalue weighted by molar-refractivity contribution is -0.125. The standard InChI is InChI=1S/C24H26N4O3.ClH/c1-15-19-5-3-4-6-20(19)31-21(15)14-28(2)22(29)8-7-16-11-18-12-17(9-10-25)24(30)27-23(18)26-13-16;/h3-8,11,13,17H,9-10,12,14,25H2,1-2H3,(H,26,27,30);1H/b8-7+;. The van der Waals surface area contributed by atoms with Crippen molar-refractivity contribution in [2.45, 2.75) is 26.3 Å². The first-order valence-electron chi connectivity index (χ1n) is 10.4. The molecule has 3 aromatic rings. The zero-order valence-corrected chi connectivity index (χ0v) is 18.9. The summed E-state index contributed by atoms with van der Waals surface area (Å²) in [5.74, 6) is 1.05. The highest BCUT2D eigenvalue weighted by Gasteiger charge is 2.26. The highest BCUT2D eigenvalue weighted by molar-refractivity contribution is 5.95. The third-order valence-electron chi connectivity index (χ3n) is 5.70. The number of carbonyl (C=O) groups excluding carboxylic acids is 2. The second kappa shape index (κ2) is 9.97. The topological polar surface area (TPSA) is 101 Å². The monoisotopic (exact) mass is 454 g/mol. The van der Waals surface area contributed by atoms with Gasteiger partial charge in [-0.05, 0) is 55.6 Å². The molecule has 1 unspecified atom stereocenters. The Morgan fingerprint density at radius 2 is 2.16 bits per heavy atom. The predicted molar refractivity (Wildman–Crippen MR) is 127 cm³/mol. The number of pyridine rings is 1. The van der Waals surface area contributed by atoms with Crippen LogP contribution in [0.5, 0.6) is 0 Å². The molecule has 3 heterocycles. The van der Waals surface area contributed by atoms with E-state index >= 15 is 0 Å². The van der Waals surface area contributed by atoms with Crippen LogP contribution in [0, 0.1) is 12.8 Å². The summed E-state index contributed by atoms with van der Waals surface area (Å²) in [5, 5.41) is 3.90. The molecule has 1 aliphatic heterocycles. The number of hydrogen-bond acceptors (Lipinski definition) is 5. The van der Waals surface area contributed by atoms with Gasteiger partial charge in [-0.25, -0.2) is 4.98 Å². The number of aromatic nitrogens is 1. The number of nitrogens with zero attached hydrogens (tertiary/aromatic N) is 2. The first-order chi connectivity index (χ1) is 15.0. The maximum atomic E-state index is 12.6. The fourth-order valence-electron chi connectivity index (χ4n) is 3.86. The van der Waals surface area contributed by atoms with Crippen LogP contribution in [-0.2, 0) is 22.6 Å². The van der Waals surface area contributed by atoms with E-state index in [0.717, 1.165) is 33.4 Å². The number of fused-ring (bicyclic) bond motifs is 2. The summed E-state index contributed by atoms with van der Waals surface area (Å²) in [6, 6.07) is 9.81. The Labute approximate surface area is 193 Å². The summed E-state index contributed by atoms with van der Waals surface area (Å²) in [4.78, 5) is 30.6. The molecule has 4 rings (SSSR count). The van der Waals surface area contributed by atoms with Crippen molar-refractivity contribution in [1.82, 2.24) is 9.88 Å². The average molecular weight is 455 g/mol. The van der Waals surface area contributed by atoms with E-state index in [2.05, 4.69) is 10.3 Å². The number of carbonyl (C=O) groups is 2. The van der Waals surface area contributed by atoms with Gasteiger partial charge in [0.25, 0.3) is 0 Å². The SMILES string of the molecule is Cc1c(CN(C)C(=O)/C=C/c2cnc3c(c2)CC(CCN)C(=O)N3)oc2ccccc12.Cl. The molecule has 3 N–H and O–H groups in total. The van der Waals surface area contributed by atoms with Crippen LogP contribution in [0.2, 0.25) is 0 Å². The van der Waals surface area contributed by atoms with Crippen molar-refractivity contribution in [3.8, 4) is 0 Å². The number of aryl methyl sites for hydroxylation is 1. The molecule has 0 bridgehead atoms. The number of nitrogens with two attached hydrogens (primary N) is 1. The molecule has 0 aliphatic carbocycles. The Balaban J connectivity index is 0.00000289. The first kappa shape index (κ1) is 23.5. The van der Waals surface area contributed by atoms with Crippen LogP contribution >= 0.6 is 12.4 Å². The smallest absolute Gasteiger partial charge is 0.246 e. The lowest BCUT2D eigenvalue weighted by Gasteiger charge is -2.23. The van der Waals surface area contributed by atoms with Gasteiger partial charge in [-0.3, -0.25) is 9.59 Å². The Morgan fingerprint density at radius 1 is 1.38 bits per heavy atom. The molecular formula is C24H27ClN4O3. The van der Waals surface area contributed by atoms with Crippen molar-refractivity contribution in [2.24, 2.45) is 11.7 Å². The van der Waals surface area contributed by atoms with Gasteiger partial charge in [-0.15, -0.1) is 12.4 Å². The summed E-state index contributed by atoms with van der Waals surface area (Å²) in [7, 11) is 1.75. The van der Waals surface area contributed by atoms with E-state index in [1.165, 1.54) is 6.08 Å². The van der Waals surface area contributed by atoms with Gasteiger partial charge in [0.1, 0.15) is 17.2 Å². The molecular weight excluding hydrogens is 428 g/mol. The van der Waals surface area contributed by atoms with Gasteiger partial charge in [0.05, 0.1) is 6.54 Å². The Morgan fingerprint density at radius 3 is 2.91 bits per heavy atom. The number of furan rings is 1. The molecule has 0 saturated heterocycles. The maximum absolute atomic E-state index is 12.6. The molecule has 2 amide bonds. The fourth-order valence-corrected chi connectivity index (χ4v) is 3.86. The minimum absolute atomic E-state index is 0. The molecule has 0 saturated carbocycles. The minimum Gasteiger partial charge on any atom is -0.459 e. The molecule has 168 valence electrons. The van der Waals surface area contributed by atoms with Gasteiger partial charge in [0.2, 0.25) is 11.8 Å². The Hall–Kier alpha value is -3.16. The number of hydrogen-bond donors (Lipinski definition) is 2. The summed E-state index contributed by atoms with van der Waals surface area (Å²) in [6.07, 6.45) is 6.16. The van der Waals surface area contributed by atoms with E-state index in [9.17, 15) is 9.59 Å². The van der Waals surface area contributed by atoms with Crippen molar-refractivity contribution >= 4 is 47.1 Å². The lowest BCUT2D eigenvalue weighted by atomic mass is 9.92. The van der Waals surface area contributed by atoms with Crippen LogP contribution < -0.4 is 11.1 Å². The predicted octanol–water partition coefficient (Wildman–Crippen LogP) is 3.69. The Kier molecular flexibility index (Phi) is 7.33. The van der Waals surface area contributed by atoms with Gasteiger partial charge < -0.3 is 20.4 Å². The van der Waals surface area contributed by atoms with E-state index < -0.39 is 0 Å². The number of likely N-dealkylation sites (N-methyl/N-ethyl adjacent to an activating group) is 1. The first-order valence-corrected chi connectivity index (χ1v) is 10.4. The highest BCUT2D eigenvalue weighted by atomic mass is 35.5. The number of benzene rings is 1. The molecule has 1 aromatic carbocycles. The second-order valence-electron chi connectivity index (χ2n) is 7.92. The molecule has 0 fully saturated rings. The third kappa shape index (κ3) is 4.84. The zero-order chi connectivity index (χ0) is 22.0. The van der Waals surface area contributed by atoms with Crippen LogP contribution in [0.4, 0.5) is 5.82 Å². The van der Waals surface area contributed by atoms with Crippen LogP contribution in [0.3, 0.4) is 0 Å². The number of amides is 2. The molecule has 1 atom stereocenters. The minimum atomic E-state index is -0.140. The number of rotatable bonds is 6. The summed E-state index contributed by atoms with van der Waals surface area (Å²) >= 11 is 0. The van der Waals surface area contributed by atoms with Crippen LogP contribution in [0.25, 0.3) is 17.0 Å². The fraction of sp³-hybridized carbons (Fsp3) is 0.292. The van der Waals surface area contributed by atoms with Crippen molar-refractivity contribution in [1.29, 1.82) is 0 Å². The molecule has 0 radical (unpaired) electrons. The molecule has 2 aromatic heterocycles. The molecule has 32 heavy (non-hydrogen) atoms. The third-order valence-corrected chi connectivity index (χ3v) is 5.70. The van der Waals surface area contributed by atoms with E-state index in [0.29, 0.717) is 31.7 Å². The average Bonchev–Trinajstić information content (AvgIpc) is 3.08. The van der Waals surface area contributed by atoms with E-state index in [1.54, 1.807) is 24.2 Å². The van der Waals surface area contributed by atoms with Crippen molar-refractivity contribution in [2.75, 3.05) is 18.9 Å². The number of anilines is 1. The van der Waals surface area contributed by atoms with Gasteiger partial charge in [0, 0.05) is 36.2 Å². The van der Waals surface area contributed by atoms with E-state index in [4.69, 9.17) is 10.2 Å². The molecule has 1 aliphatic rings. The van der Waals surface area contributed by atoms with E-state index in [1.807, 2.05) is 37.3 Å². The maximum Gasteiger partial charge on any atom is 0.246 e. The van der Waals surface area contributed by atoms with E-state index in [-0.39, 0.29) is 30.1 Å². The van der Waals surface area contributed by atoms with Crippen LogP contribution in [0.15, 0.2) is 47.0 Å². The number of halogens is 1. The van der Waals surface area contributed by atoms with Gasteiger partial charge in [-0.1, -0.05) is 18.2 Å². The molecule has 7 nitrogen and oxygen atoms in total. The summed E-state index contributed by atoms with van der Waals surface area (Å²) in [5.41, 5.74) is 9.25. The number of para-hydroxylation sites is 1. The van der Waals surface area contributed by atoms with Crippen molar-refractivity contribution in [3.63, 3.8) is 0 Å². The number of nitrogens with one attached hydrogen (secondary N) is 1. The van der Waals surface area contributed by atoms with Gasteiger partial charge in [0.15, 0.2) is 0 Å². The second-order valence-corrected chi connectivity index (χ2v) is 7.92. The quantitative estimate of drug-likeness (QED) is 0.553. The van der Waals surface area contributed by atoms with Gasteiger partial charge in [-0.2, -0.15) is 0 Å². The summed E-state index contributed by atoms with van der Waals surface area (Å²) < 4.78 is 5.91. The Bertz CT molecular complexity index is 1170. The largest absolute Gasteiger partial charge is 0.459 e. The van der Waals surface area contributed by atoms with Crippen LogP contribution in [0.1, 0.15) is 28.9 Å². The van der Waals surface area contributed by atoms with Gasteiger partial charge >= 0.3 is 0 Å². The highest BCUT2D eigenvalue weighted by Crippen LogP contribution is 2.27. The van der Waals surface area contributed by atoms with Crippen molar-refractivity contribution in [3.05, 3.63) is 65.1 Å². The zero-order valence-electron chi connectivity index (χ0n) is 18.1. The molecule has 8 heteroatoms. The van der Waals surface area contributed by atoms with Crippen molar-refractivity contribution < 1.29 is 14.0 Å².